The van der Waals surface area contributed by atoms with Gasteiger partial charge in [-0.25, -0.2) is 0 Å². The second kappa shape index (κ2) is 7.80. The van der Waals surface area contributed by atoms with Crippen molar-refractivity contribution in [2.75, 3.05) is 0 Å². The summed E-state index contributed by atoms with van der Waals surface area (Å²) in [5.74, 6) is 0. The number of hydrogen-bond acceptors (Lipinski definition) is 1. The highest BCUT2D eigenvalue weighted by Gasteiger charge is 1.88. The Morgan fingerprint density at radius 2 is 1.79 bits per heavy atom. The number of aryl methyl sites for hydroxylation is 1. The minimum atomic E-state index is 0. The van der Waals surface area contributed by atoms with E-state index < -0.39 is 0 Å². The maximum absolute atomic E-state index is 7.32. The summed E-state index contributed by atoms with van der Waals surface area (Å²) in [5.41, 5.74) is 0. The first-order valence-corrected chi connectivity index (χ1v) is 5.03. The van der Waals surface area contributed by atoms with Gasteiger partial charge in [-0.2, -0.15) is 0 Å². The molecule has 0 bridgehead atoms. The molecule has 1 aromatic heterocycles. The topological polar surface area (TPSA) is 28.8 Å². The SMILES string of the molecule is CCCCCCn1ccc(=N)cc1.[Br-]. The van der Waals surface area contributed by atoms with Crippen molar-refractivity contribution in [3.63, 3.8) is 0 Å². The summed E-state index contributed by atoms with van der Waals surface area (Å²) in [5, 5.41) is 7.91. The van der Waals surface area contributed by atoms with Gasteiger partial charge < -0.3 is 27.0 Å². The Kier molecular flexibility index (Phi) is 7.48. The van der Waals surface area contributed by atoms with Crippen molar-refractivity contribution in [1.82, 2.24) is 4.57 Å². The van der Waals surface area contributed by atoms with Crippen LogP contribution >= 0.6 is 0 Å². The average Bonchev–Trinajstić information content (AvgIpc) is 2.15. The molecule has 3 heteroatoms. The first kappa shape index (κ1) is 13.4. The van der Waals surface area contributed by atoms with Crippen LogP contribution in [0.25, 0.3) is 0 Å². The van der Waals surface area contributed by atoms with Crippen LogP contribution in [0.5, 0.6) is 0 Å². The van der Waals surface area contributed by atoms with Crippen LogP contribution < -0.4 is 22.3 Å². The molecule has 0 aliphatic carbocycles. The van der Waals surface area contributed by atoms with Gasteiger partial charge >= 0.3 is 0 Å². The van der Waals surface area contributed by atoms with Gasteiger partial charge in [0, 0.05) is 18.9 Å². The largest absolute Gasteiger partial charge is 1.00 e. The molecule has 1 rings (SSSR count). The van der Waals surface area contributed by atoms with Crippen LogP contribution in [0.3, 0.4) is 0 Å². The van der Waals surface area contributed by atoms with Crippen LogP contribution in [-0.2, 0) is 6.54 Å². The highest BCUT2D eigenvalue weighted by Crippen LogP contribution is 2.00. The lowest BCUT2D eigenvalue weighted by Gasteiger charge is -2.04. The van der Waals surface area contributed by atoms with Crippen LogP contribution in [-0.4, -0.2) is 4.57 Å². The van der Waals surface area contributed by atoms with Crippen molar-refractivity contribution in [1.29, 1.82) is 5.41 Å². The fourth-order valence-electron chi connectivity index (χ4n) is 1.33. The van der Waals surface area contributed by atoms with Gasteiger partial charge in [0.15, 0.2) is 0 Å². The van der Waals surface area contributed by atoms with Crippen molar-refractivity contribution in [2.24, 2.45) is 0 Å². The summed E-state index contributed by atoms with van der Waals surface area (Å²) in [6.07, 6.45) is 9.14. The molecule has 0 unspecified atom stereocenters. The van der Waals surface area contributed by atoms with Gasteiger partial charge in [0.1, 0.15) is 0 Å². The molecule has 1 heterocycles. The molecule has 1 aromatic rings. The van der Waals surface area contributed by atoms with Crippen LogP contribution in [0.15, 0.2) is 24.5 Å². The molecule has 0 atom stereocenters. The van der Waals surface area contributed by atoms with E-state index in [0.29, 0.717) is 5.36 Å². The maximum Gasteiger partial charge on any atom is 0.0568 e. The third-order valence-electron chi connectivity index (χ3n) is 2.16. The molecule has 0 amide bonds. The fourth-order valence-corrected chi connectivity index (χ4v) is 1.33. The highest BCUT2D eigenvalue weighted by molar-refractivity contribution is 4.90. The van der Waals surface area contributed by atoms with Crippen LogP contribution in [0.1, 0.15) is 32.6 Å². The highest BCUT2D eigenvalue weighted by atomic mass is 79.9. The molecule has 2 nitrogen and oxygen atoms in total. The number of rotatable bonds is 5. The average molecular weight is 258 g/mol. The first-order chi connectivity index (χ1) is 6.33. The molecule has 0 fully saturated rings. The zero-order valence-electron chi connectivity index (χ0n) is 8.67. The fraction of sp³-hybridized carbons (Fsp3) is 0.545. The molecular weight excluding hydrogens is 240 g/mol. The number of unbranched alkanes of at least 4 members (excludes halogenated alkanes) is 3. The van der Waals surface area contributed by atoms with E-state index in [4.69, 9.17) is 5.41 Å². The predicted octanol–water partition coefficient (Wildman–Crippen LogP) is -0.448. The molecular formula is C11H18BrN2-. The molecule has 0 saturated heterocycles. The minimum Gasteiger partial charge on any atom is -1.00 e. The smallest absolute Gasteiger partial charge is 0.0568 e. The standard InChI is InChI=1S/C11H18N2.BrH/c1-2-3-4-5-8-13-9-6-11(12)7-10-13;/h6-7,9-10,12H,2-5,8H2,1H3;1H/p-1. The van der Waals surface area contributed by atoms with E-state index in [1.54, 1.807) is 0 Å². The van der Waals surface area contributed by atoms with Crippen molar-refractivity contribution in [3.05, 3.63) is 29.9 Å². The molecule has 1 N–H and O–H groups in total. The second-order valence-electron chi connectivity index (χ2n) is 3.39. The van der Waals surface area contributed by atoms with Crippen molar-refractivity contribution in [2.45, 2.75) is 39.2 Å². The molecule has 14 heavy (non-hydrogen) atoms. The van der Waals surface area contributed by atoms with Crippen LogP contribution in [0.4, 0.5) is 0 Å². The number of nitrogens with one attached hydrogen (secondary N) is 1. The number of nitrogens with zero attached hydrogens (tertiary/aromatic N) is 1. The maximum atomic E-state index is 7.32. The summed E-state index contributed by atoms with van der Waals surface area (Å²) >= 11 is 0. The first-order valence-electron chi connectivity index (χ1n) is 5.03. The molecule has 0 aliphatic rings. The summed E-state index contributed by atoms with van der Waals surface area (Å²) in [7, 11) is 0. The molecule has 0 spiro atoms. The summed E-state index contributed by atoms with van der Waals surface area (Å²) < 4.78 is 2.15. The van der Waals surface area contributed by atoms with E-state index in [2.05, 4.69) is 11.5 Å². The quantitative estimate of drug-likeness (QED) is 0.693. The zero-order valence-corrected chi connectivity index (χ0v) is 10.3. The normalized spacial score (nSPS) is 9.50. The van der Waals surface area contributed by atoms with E-state index in [0.717, 1.165) is 6.54 Å². The van der Waals surface area contributed by atoms with Gasteiger partial charge in [-0.15, -0.1) is 0 Å². The molecule has 80 valence electrons. The Labute approximate surface area is 96.2 Å². The van der Waals surface area contributed by atoms with E-state index in [1.165, 1.54) is 25.7 Å². The Hall–Kier alpha value is -0.570. The summed E-state index contributed by atoms with van der Waals surface area (Å²) in [6, 6.07) is 3.67. The van der Waals surface area contributed by atoms with E-state index in [-0.39, 0.29) is 17.0 Å². The minimum absolute atomic E-state index is 0. The monoisotopic (exact) mass is 257 g/mol. The van der Waals surface area contributed by atoms with Gasteiger partial charge in [0.05, 0.1) is 5.36 Å². The Balaban J connectivity index is 0.00000169. The number of hydrogen-bond donors (Lipinski definition) is 1. The lowest BCUT2D eigenvalue weighted by Crippen LogP contribution is -3.00. The summed E-state index contributed by atoms with van der Waals surface area (Å²) in [6.45, 7) is 3.31. The Morgan fingerprint density at radius 1 is 1.14 bits per heavy atom. The van der Waals surface area contributed by atoms with Gasteiger partial charge in [0.25, 0.3) is 0 Å². The number of halogens is 1. The second-order valence-corrected chi connectivity index (χ2v) is 3.39. The van der Waals surface area contributed by atoms with E-state index in [1.807, 2.05) is 24.5 Å². The van der Waals surface area contributed by atoms with Crippen LogP contribution in [0, 0.1) is 5.41 Å². The molecule has 0 saturated carbocycles. The molecule has 0 aromatic carbocycles. The lowest BCUT2D eigenvalue weighted by atomic mass is 10.2. The summed E-state index contributed by atoms with van der Waals surface area (Å²) in [4.78, 5) is 0. The van der Waals surface area contributed by atoms with E-state index >= 15 is 0 Å². The zero-order chi connectivity index (χ0) is 9.52. The lowest BCUT2D eigenvalue weighted by molar-refractivity contribution is -0.00000308. The van der Waals surface area contributed by atoms with Gasteiger partial charge in [-0.05, 0) is 18.6 Å². The van der Waals surface area contributed by atoms with Gasteiger partial charge in [-0.3, -0.25) is 0 Å². The Bertz CT molecular complexity index is 273. The van der Waals surface area contributed by atoms with Crippen molar-refractivity contribution < 1.29 is 17.0 Å². The third-order valence-corrected chi connectivity index (χ3v) is 2.16. The molecule has 0 aliphatic heterocycles. The predicted molar refractivity (Wildman–Crippen MR) is 54.4 cm³/mol. The van der Waals surface area contributed by atoms with Gasteiger partial charge in [-0.1, -0.05) is 26.2 Å². The number of aromatic nitrogens is 1. The van der Waals surface area contributed by atoms with E-state index in [9.17, 15) is 0 Å². The molecule has 0 radical (unpaired) electrons. The Morgan fingerprint density at radius 3 is 2.36 bits per heavy atom. The van der Waals surface area contributed by atoms with Gasteiger partial charge in [0.2, 0.25) is 0 Å². The van der Waals surface area contributed by atoms with Crippen molar-refractivity contribution >= 4 is 0 Å². The third kappa shape index (κ3) is 5.22. The van der Waals surface area contributed by atoms with Crippen molar-refractivity contribution in [3.8, 4) is 0 Å². The number of pyridine rings is 1. The van der Waals surface area contributed by atoms with Crippen LogP contribution in [0.2, 0.25) is 0 Å².